The van der Waals surface area contributed by atoms with Gasteiger partial charge in [0.2, 0.25) is 5.91 Å². The van der Waals surface area contributed by atoms with E-state index in [4.69, 9.17) is 9.47 Å². The number of fused-ring (bicyclic) bond motifs is 3. The summed E-state index contributed by atoms with van der Waals surface area (Å²) in [6.45, 7) is 1.41. The molecule has 0 spiro atoms. The Labute approximate surface area is 178 Å². The topological polar surface area (TPSA) is 81.7 Å². The number of rotatable bonds is 4. The van der Waals surface area contributed by atoms with Crippen LogP contribution in [0.15, 0.2) is 66.7 Å². The number of esters is 1. The lowest BCUT2D eigenvalue weighted by Crippen LogP contribution is -2.23. The van der Waals surface area contributed by atoms with E-state index in [1.807, 2.05) is 36.4 Å². The first kappa shape index (κ1) is 19.1. The number of Topliss-reactive ketones (excluding diaryl/α,β-unsaturated/α-hetero) is 1. The molecule has 0 fully saturated rings. The minimum atomic E-state index is -0.671. The third-order valence-electron chi connectivity index (χ3n) is 5.75. The number of hydrogen-bond acceptors (Lipinski definition) is 5. The number of para-hydroxylation sites is 2. The highest BCUT2D eigenvalue weighted by molar-refractivity contribution is 6.05. The molecule has 3 aromatic carbocycles. The molecule has 6 heteroatoms. The van der Waals surface area contributed by atoms with Crippen molar-refractivity contribution in [3.63, 3.8) is 0 Å². The second kappa shape index (κ2) is 7.40. The third-order valence-corrected chi connectivity index (χ3v) is 5.75. The lowest BCUT2D eigenvalue weighted by atomic mass is 9.88. The van der Waals surface area contributed by atoms with E-state index >= 15 is 0 Å². The van der Waals surface area contributed by atoms with Crippen molar-refractivity contribution in [2.45, 2.75) is 18.8 Å². The summed E-state index contributed by atoms with van der Waals surface area (Å²) in [6, 6.07) is 19.6. The van der Waals surface area contributed by atoms with E-state index in [0.717, 1.165) is 5.56 Å². The predicted molar refractivity (Wildman–Crippen MR) is 114 cm³/mol. The number of anilines is 1. The van der Waals surface area contributed by atoms with Crippen molar-refractivity contribution in [2.24, 2.45) is 0 Å². The van der Waals surface area contributed by atoms with Gasteiger partial charge in [0.1, 0.15) is 17.4 Å². The van der Waals surface area contributed by atoms with E-state index in [0.29, 0.717) is 33.9 Å². The minimum Gasteiger partial charge on any atom is -0.457 e. The van der Waals surface area contributed by atoms with E-state index in [1.54, 1.807) is 37.3 Å². The maximum absolute atomic E-state index is 13.1. The van der Waals surface area contributed by atoms with Gasteiger partial charge >= 0.3 is 5.97 Å². The highest BCUT2D eigenvalue weighted by atomic mass is 16.5. The number of carbonyl (C=O) groups excluding carboxylic acids is 3. The zero-order valence-electron chi connectivity index (χ0n) is 16.8. The fraction of sp³-hybridized carbons (Fsp3) is 0.160. The van der Waals surface area contributed by atoms with Crippen molar-refractivity contribution < 1.29 is 23.9 Å². The quantitative estimate of drug-likeness (QED) is 0.506. The Balaban J connectivity index is 1.36. The van der Waals surface area contributed by atoms with Gasteiger partial charge in [0.05, 0.1) is 5.92 Å². The first-order chi connectivity index (χ1) is 15.0. The molecule has 2 aliphatic heterocycles. The van der Waals surface area contributed by atoms with Crippen molar-refractivity contribution in [1.82, 2.24) is 0 Å². The number of carbonyl (C=O) groups is 3. The second-order valence-corrected chi connectivity index (χ2v) is 7.65. The molecule has 3 aromatic rings. The lowest BCUT2D eigenvalue weighted by molar-refractivity contribution is -0.143. The van der Waals surface area contributed by atoms with Crippen LogP contribution in [0, 0.1) is 0 Å². The SMILES string of the molecule is C[C@H]1C(=O)Nc2ccc(C(=O)COC(=O)C3c4ccccc4Oc4ccccc43)cc21. The summed E-state index contributed by atoms with van der Waals surface area (Å²) in [5.41, 5.74) is 3.29. The molecular weight excluding hydrogens is 394 g/mol. The van der Waals surface area contributed by atoms with E-state index in [2.05, 4.69) is 5.32 Å². The molecule has 0 saturated heterocycles. The van der Waals surface area contributed by atoms with Gasteiger partial charge in [0.15, 0.2) is 12.4 Å². The maximum atomic E-state index is 13.1. The van der Waals surface area contributed by atoms with Crippen LogP contribution >= 0.6 is 0 Å². The van der Waals surface area contributed by atoms with Gasteiger partial charge in [0, 0.05) is 22.4 Å². The Bertz CT molecular complexity index is 1190. The lowest BCUT2D eigenvalue weighted by Gasteiger charge is -2.26. The summed E-state index contributed by atoms with van der Waals surface area (Å²) in [4.78, 5) is 37.6. The summed E-state index contributed by atoms with van der Waals surface area (Å²) < 4.78 is 11.4. The van der Waals surface area contributed by atoms with Crippen LogP contribution in [0.25, 0.3) is 0 Å². The van der Waals surface area contributed by atoms with E-state index in [1.165, 1.54) is 0 Å². The normalized spacial score (nSPS) is 16.4. The van der Waals surface area contributed by atoms with Crippen molar-refractivity contribution >= 4 is 23.3 Å². The largest absolute Gasteiger partial charge is 0.457 e. The van der Waals surface area contributed by atoms with Crippen molar-refractivity contribution in [3.05, 3.63) is 89.0 Å². The van der Waals surface area contributed by atoms with Gasteiger partial charge in [-0.25, -0.2) is 0 Å². The minimum absolute atomic E-state index is 0.0946. The Hall–Kier alpha value is -3.93. The van der Waals surface area contributed by atoms with Crippen molar-refractivity contribution in [1.29, 1.82) is 0 Å². The Kier molecular flexibility index (Phi) is 4.55. The van der Waals surface area contributed by atoms with Crippen LogP contribution in [0.1, 0.15) is 45.8 Å². The molecule has 1 atom stereocenters. The zero-order chi connectivity index (χ0) is 21.5. The van der Waals surface area contributed by atoms with Crippen LogP contribution in [-0.2, 0) is 14.3 Å². The van der Waals surface area contributed by atoms with Gasteiger partial charge in [-0.05, 0) is 42.8 Å². The number of amides is 1. The van der Waals surface area contributed by atoms with Gasteiger partial charge in [-0.3, -0.25) is 14.4 Å². The molecule has 0 saturated carbocycles. The van der Waals surface area contributed by atoms with E-state index in [-0.39, 0.29) is 24.2 Å². The van der Waals surface area contributed by atoms with Gasteiger partial charge in [0.25, 0.3) is 0 Å². The molecule has 0 aromatic heterocycles. The van der Waals surface area contributed by atoms with Gasteiger partial charge in [-0.1, -0.05) is 36.4 Å². The smallest absolute Gasteiger partial charge is 0.318 e. The number of hydrogen-bond donors (Lipinski definition) is 1. The van der Waals surface area contributed by atoms with Gasteiger partial charge in [-0.15, -0.1) is 0 Å². The molecule has 0 radical (unpaired) electrons. The number of ether oxygens (including phenoxy) is 2. The highest BCUT2D eigenvalue weighted by Crippen LogP contribution is 2.44. The molecule has 31 heavy (non-hydrogen) atoms. The summed E-state index contributed by atoms with van der Waals surface area (Å²) in [6.07, 6.45) is 0. The summed E-state index contributed by atoms with van der Waals surface area (Å²) >= 11 is 0. The molecule has 6 nitrogen and oxygen atoms in total. The Morgan fingerprint density at radius 3 is 2.26 bits per heavy atom. The molecule has 5 rings (SSSR count). The average Bonchev–Trinajstić information content (AvgIpc) is 3.08. The molecule has 0 bridgehead atoms. The predicted octanol–water partition coefficient (Wildman–Crippen LogP) is 4.41. The van der Waals surface area contributed by atoms with Crippen LogP contribution in [0.4, 0.5) is 5.69 Å². The second-order valence-electron chi connectivity index (χ2n) is 7.65. The van der Waals surface area contributed by atoms with Crippen LogP contribution in [0.5, 0.6) is 11.5 Å². The monoisotopic (exact) mass is 413 g/mol. The standard InChI is InChI=1S/C25H19NO5/c1-14-18-12-15(10-11-19(18)26-24(14)28)20(27)13-30-25(29)23-16-6-2-4-8-21(16)31-22-9-5-3-7-17(22)23/h2-12,14,23H,13H2,1H3,(H,26,28)/t14-/m1/s1. The molecule has 154 valence electrons. The van der Waals surface area contributed by atoms with Crippen LogP contribution in [0.2, 0.25) is 0 Å². The zero-order valence-corrected chi connectivity index (χ0v) is 16.8. The van der Waals surface area contributed by atoms with Gasteiger partial charge in [-0.2, -0.15) is 0 Å². The van der Waals surface area contributed by atoms with Crippen LogP contribution < -0.4 is 10.1 Å². The number of ketones is 1. The molecule has 1 amide bonds. The summed E-state index contributed by atoms with van der Waals surface area (Å²) in [7, 11) is 0. The Morgan fingerprint density at radius 1 is 0.935 bits per heavy atom. The molecule has 1 N–H and O–H groups in total. The first-order valence-corrected chi connectivity index (χ1v) is 10.0. The maximum Gasteiger partial charge on any atom is 0.318 e. The summed E-state index contributed by atoms with van der Waals surface area (Å²) in [5.74, 6) is -0.725. The fourth-order valence-corrected chi connectivity index (χ4v) is 4.06. The first-order valence-electron chi connectivity index (χ1n) is 10.0. The molecular formula is C25H19NO5. The molecule has 2 heterocycles. The highest BCUT2D eigenvalue weighted by Gasteiger charge is 2.34. The molecule has 2 aliphatic rings. The fourth-order valence-electron chi connectivity index (χ4n) is 4.06. The van der Waals surface area contributed by atoms with Crippen molar-refractivity contribution in [2.75, 3.05) is 11.9 Å². The Morgan fingerprint density at radius 2 is 1.58 bits per heavy atom. The molecule has 0 unspecified atom stereocenters. The number of benzene rings is 3. The average molecular weight is 413 g/mol. The summed E-state index contributed by atoms with van der Waals surface area (Å²) in [5, 5.41) is 2.78. The number of nitrogens with one attached hydrogen (secondary N) is 1. The van der Waals surface area contributed by atoms with Crippen LogP contribution in [-0.4, -0.2) is 24.3 Å². The van der Waals surface area contributed by atoms with Crippen LogP contribution in [0.3, 0.4) is 0 Å². The van der Waals surface area contributed by atoms with Crippen molar-refractivity contribution in [3.8, 4) is 11.5 Å². The van der Waals surface area contributed by atoms with Gasteiger partial charge < -0.3 is 14.8 Å². The molecule has 0 aliphatic carbocycles. The van der Waals surface area contributed by atoms with E-state index < -0.39 is 11.9 Å². The third kappa shape index (κ3) is 3.26. The van der Waals surface area contributed by atoms with E-state index in [9.17, 15) is 14.4 Å².